The third-order valence-electron chi connectivity index (χ3n) is 4.23. The first-order valence-electron chi connectivity index (χ1n) is 8.43. The van der Waals surface area contributed by atoms with Gasteiger partial charge in [-0.3, -0.25) is 4.79 Å². The Bertz CT molecular complexity index is 1170. The van der Waals surface area contributed by atoms with Crippen LogP contribution in [0.15, 0.2) is 76.9 Å². The predicted octanol–water partition coefficient (Wildman–Crippen LogP) is 3.67. The first-order valence-corrected chi connectivity index (χ1v) is 9.91. The number of nitrogens with one attached hydrogen (secondary N) is 2. The number of hydrogen-bond donors (Lipinski definition) is 2. The number of allylic oxidation sites excluding steroid dienone is 1. The monoisotopic (exact) mass is 404 g/mol. The Balaban J connectivity index is 2.04. The highest BCUT2D eigenvalue weighted by molar-refractivity contribution is 7.89. The molecule has 3 aromatic rings. The molecule has 3 rings (SSSR count). The molecule has 0 saturated heterocycles. The number of rotatable bonds is 7. The van der Waals surface area contributed by atoms with Crippen molar-refractivity contribution in [3.05, 3.63) is 88.7 Å². The molecule has 0 spiro atoms. The number of sulfonamides is 1. The van der Waals surface area contributed by atoms with E-state index in [1.165, 1.54) is 12.1 Å². The van der Waals surface area contributed by atoms with E-state index in [9.17, 15) is 22.0 Å². The van der Waals surface area contributed by atoms with Crippen molar-refractivity contribution in [2.45, 2.75) is 23.8 Å². The Morgan fingerprint density at radius 1 is 1.11 bits per heavy atom. The van der Waals surface area contributed by atoms with Crippen molar-refractivity contribution in [1.82, 2.24) is 9.71 Å². The smallest absolute Gasteiger partial charge is 0.277 e. The summed E-state index contributed by atoms with van der Waals surface area (Å²) in [6, 6.07) is 13.4. The Morgan fingerprint density at radius 3 is 2.50 bits per heavy atom. The second-order valence-electron chi connectivity index (χ2n) is 6.26. The van der Waals surface area contributed by atoms with Crippen molar-refractivity contribution in [3.63, 3.8) is 0 Å². The van der Waals surface area contributed by atoms with Crippen molar-refractivity contribution in [2.75, 3.05) is 0 Å². The molecule has 146 valence electrons. The van der Waals surface area contributed by atoms with Gasteiger partial charge in [0.25, 0.3) is 5.92 Å². The average molecular weight is 404 g/mol. The van der Waals surface area contributed by atoms with E-state index in [2.05, 4.69) is 16.3 Å². The van der Waals surface area contributed by atoms with E-state index in [0.29, 0.717) is 0 Å². The molecular formula is C20H18F2N2O3S. The molecule has 0 aliphatic rings. The normalized spacial score (nSPS) is 12.2. The number of halogens is 2. The molecule has 0 saturated carbocycles. The first kappa shape index (κ1) is 19.9. The Hall–Kier alpha value is -2.84. The van der Waals surface area contributed by atoms with Crippen LogP contribution in [-0.2, 0) is 22.5 Å². The van der Waals surface area contributed by atoms with Crippen LogP contribution < -0.4 is 10.3 Å². The molecule has 0 aliphatic heterocycles. The molecule has 2 aromatic carbocycles. The van der Waals surface area contributed by atoms with E-state index in [1.54, 1.807) is 24.3 Å². The van der Waals surface area contributed by atoms with Gasteiger partial charge in [0.05, 0.1) is 4.90 Å². The maximum absolute atomic E-state index is 14.5. The highest BCUT2D eigenvalue weighted by atomic mass is 32.2. The molecule has 0 unspecified atom stereocenters. The maximum Gasteiger partial charge on any atom is 0.277 e. The molecule has 0 atom stereocenters. The van der Waals surface area contributed by atoms with Gasteiger partial charge in [0.15, 0.2) is 0 Å². The fourth-order valence-corrected chi connectivity index (χ4v) is 3.89. The predicted molar refractivity (Wildman–Crippen MR) is 104 cm³/mol. The zero-order chi connectivity index (χ0) is 20.4. The quantitative estimate of drug-likeness (QED) is 0.590. The van der Waals surface area contributed by atoms with Crippen LogP contribution in [0.3, 0.4) is 0 Å². The van der Waals surface area contributed by atoms with Gasteiger partial charge in [-0.05, 0) is 23.8 Å². The summed E-state index contributed by atoms with van der Waals surface area (Å²) in [7, 11) is -3.94. The number of aromatic amines is 1. The lowest BCUT2D eigenvalue weighted by atomic mass is 10.0. The number of benzene rings is 2. The zero-order valence-corrected chi connectivity index (χ0v) is 15.6. The van der Waals surface area contributed by atoms with Gasteiger partial charge < -0.3 is 4.98 Å². The van der Waals surface area contributed by atoms with Gasteiger partial charge in [-0.25, -0.2) is 21.9 Å². The minimum absolute atomic E-state index is 0.0333. The fraction of sp³-hybridized carbons (Fsp3) is 0.150. The minimum atomic E-state index is -3.94. The molecule has 5 nitrogen and oxygen atoms in total. The summed E-state index contributed by atoms with van der Waals surface area (Å²) in [4.78, 5) is 14.0. The first-order chi connectivity index (χ1) is 13.2. The number of fused-ring (bicyclic) bond motifs is 1. The summed E-state index contributed by atoms with van der Waals surface area (Å²) < 4.78 is 56.6. The lowest BCUT2D eigenvalue weighted by Crippen LogP contribution is -2.23. The summed E-state index contributed by atoms with van der Waals surface area (Å²) in [5.74, 6) is -3.35. The maximum atomic E-state index is 14.5. The fourth-order valence-electron chi connectivity index (χ4n) is 2.85. The van der Waals surface area contributed by atoms with Crippen molar-refractivity contribution < 1.29 is 17.2 Å². The highest BCUT2D eigenvalue weighted by Gasteiger charge is 2.32. The molecule has 8 heteroatoms. The molecular weight excluding hydrogens is 386 g/mol. The van der Waals surface area contributed by atoms with Crippen LogP contribution in [0.25, 0.3) is 10.9 Å². The Kier molecular flexibility index (Phi) is 5.44. The van der Waals surface area contributed by atoms with E-state index < -0.39 is 33.5 Å². The van der Waals surface area contributed by atoms with Gasteiger partial charge in [0.1, 0.15) is 0 Å². The summed E-state index contributed by atoms with van der Waals surface area (Å²) >= 11 is 0. The molecule has 2 N–H and O–H groups in total. The summed E-state index contributed by atoms with van der Waals surface area (Å²) in [6.07, 6.45) is 0.379. The largest absolute Gasteiger partial charge is 0.322 e. The van der Waals surface area contributed by atoms with Crippen LogP contribution in [0.1, 0.15) is 17.5 Å². The molecule has 0 amide bonds. The molecule has 0 fully saturated rings. The van der Waals surface area contributed by atoms with Gasteiger partial charge in [-0.2, -0.15) is 0 Å². The Morgan fingerprint density at radius 2 is 1.82 bits per heavy atom. The van der Waals surface area contributed by atoms with Crippen molar-refractivity contribution >= 4 is 20.9 Å². The minimum Gasteiger partial charge on any atom is -0.322 e. The van der Waals surface area contributed by atoms with Gasteiger partial charge in [0, 0.05) is 35.5 Å². The van der Waals surface area contributed by atoms with Crippen molar-refractivity contribution in [3.8, 4) is 0 Å². The van der Waals surface area contributed by atoms with E-state index in [4.69, 9.17) is 0 Å². The number of alkyl halides is 2. The second kappa shape index (κ2) is 7.65. The van der Waals surface area contributed by atoms with Crippen LogP contribution in [0.5, 0.6) is 0 Å². The van der Waals surface area contributed by atoms with Crippen LogP contribution >= 0.6 is 0 Å². The summed E-state index contributed by atoms with van der Waals surface area (Å²) in [5.41, 5.74) is -0.335. The topological polar surface area (TPSA) is 79.0 Å². The molecule has 1 aromatic heterocycles. The number of pyridine rings is 1. The van der Waals surface area contributed by atoms with Gasteiger partial charge in [0.2, 0.25) is 15.6 Å². The molecule has 28 heavy (non-hydrogen) atoms. The lowest BCUT2D eigenvalue weighted by Gasteiger charge is -2.17. The number of hydrogen-bond acceptors (Lipinski definition) is 3. The van der Waals surface area contributed by atoms with Crippen LogP contribution in [0, 0.1) is 0 Å². The number of aromatic nitrogens is 1. The summed E-state index contributed by atoms with van der Waals surface area (Å²) in [5, 5.41) is -0.0333. The molecule has 0 aliphatic carbocycles. The third kappa shape index (κ3) is 4.18. The molecule has 1 heterocycles. The zero-order valence-electron chi connectivity index (χ0n) is 14.8. The van der Waals surface area contributed by atoms with Gasteiger partial charge >= 0.3 is 0 Å². The van der Waals surface area contributed by atoms with Crippen LogP contribution in [0.2, 0.25) is 0 Å². The van der Waals surface area contributed by atoms with E-state index in [0.717, 1.165) is 23.8 Å². The van der Waals surface area contributed by atoms with Gasteiger partial charge in [-0.15, -0.1) is 6.58 Å². The average Bonchev–Trinajstić information content (AvgIpc) is 2.66. The van der Waals surface area contributed by atoms with Crippen molar-refractivity contribution in [2.24, 2.45) is 0 Å². The Labute approximate surface area is 160 Å². The SMILES string of the molecule is C=CCC(F)(F)c1cc(=O)[nH]c2ccc(S(=O)(=O)NCc3ccccc3)cc12. The lowest BCUT2D eigenvalue weighted by molar-refractivity contribution is 0.000577. The third-order valence-corrected chi connectivity index (χ3v) is 5.63. The molecule has 0 radical (unpaired) electrons. The summed E-state index contributed by atoms with van der Waals surface area (Å²) in [6.45, 7) is 3.37. The molecule has 0 bridgehead atoms. The van der Waals surface area contributed by atoms with E-state index in [-0.39, 0.29) is 22.3 Å². The van der Waals surface area contributed by atoms with E-state index in [1.807, 2.05) is 6.07 Å². The van der Waals surface area contributed by atoms with Crippen LogP contribution in [0.4, 0.5) is 8.78 Å². The van der Waals surface area contributed by atoms with Gasteiger partial charge in [-0.1, -0.05) is 36.4 Å². The number of H-pyrrole nitrogens is 1. The van der Waals surface area contributed by atoms with E-state index >= 15 is 0 Å². The standard InChI is InChI=1S/C20H18F2N2O3S/c1-2-10-20(21,22)17-12-19(25)24-18-9-8-15(11-16(17)18)28(26,27)23-13-14-6-4-3-5-7-14/h2-9,11-12,23H,1,10,13H2,(H,24,25). The second-order valence-corrected chi connectivity index (χ2v) is 8.03. The van der Waals surface area contributed by atoms with Crippen molar-refractivity contribution in [1.29, 1.82) is 0 Å². The highest BCUT2D eigenvalue weighted by Crippen LogP contribution is 2.36. The van der Waals surface area contributed by atoms with Crippen LogP contribution in [-0.4, -0.2) is 13.4 Å².